The van der Waals surface area contributed by atoms with E-state index in [9.17, 15) is 18.3 Å². The number of aliphatic hydroxyl groups excluding tert-OH is 2. The molecule has 8 heteroatoms. The zero-order valence-corrected chi connectivity index (χ0v) is 11.5. The van der Waals surface area contributed by atoms with Crippen LogP contribution in [0.1, 0.15) is 5.56 Å². The van der Waals surface area contributed by atoms with Crippen LogP contribution in [0.25, 0.3) is 0 Å². The summed E-state index contributed by atoms with van der Waals surface area (Å²) in [4.78, 5) is 0. The highest BCUT2D eigenvalue weighted by Crippen LogP contribution is 2.34. The van der Waals surface area contributed by atoms with E-state index in [0.29, 0.717) is 0 Å². The average Bonchev–Trinajstić information content (AvgIpc) is 2.44. The number of hydrogen-bond donors (Lipinski definition) is 3. The van der Waals surface area contributed by atoms with Gasteiger partial charge in [0.25, 0.3) is 0 Å². The first-order chi connectivity index (χ1) is 9.86. The molecular weight excluding hydrogens is 291 g/mol. The number of halogens is 3. The fourth-order valence-electron chi connectivity index (χ4n) is 1.49. The van der Waals surface area contributed by atoms with Crippen molar-refractivity contribution in [3.63, 3.8) is 0 Å². The largest absolute Gasteiger partial charge is 0.491 e. The van der Waals surface area contributed by atoms with Crippen LogP contribution in [0.4, 0.5) is 18.9 Å². The first kappa shape index (κ1) is 17.5. The zero-order valence-electron chi connectivity index (χ0n) is 11.5. The Morgan fingerprint density at radius 2 is 1.95 bits per heavy atom. The number of ether oxygens (including phenoxy) is 2. The molecule has 0 aliphatic carbocycles. The third-order valence-electron chi connectivity index (χ3n) is 2.54. The van der Waals surface area contributed by atoms with Crippen molar-refractivity contribution in [3.05, 3.63) is 23.8 Å². The lowest BCUT2D eigenvalue weighted by molar-refractivity contribution is -0.137. The Kier molecular flexibility index (Phi) is 6.73. The van der Waals surface area contributed by atoms with Gasteiger partial charge in [0.1, 0.15) is 12.4 Å². The minimum atomic E-state index is -4.51. The Bertz CT molecular complexity index is 440. The molecule has 0 fully saturated rings. The van der Waals surface area contributed by atoms with Gasteiger partial charge in [0.05, 0.1) is 24.9 Å². The molecule has 5 nitrogen and oxygen atoms in total. The minimum Gasteiger partial charge on any atom is -0.491 e. The quantitative estimate of drug-likeness (QED) is 0.635. The molecule has 0 spiro atoms. The normalized spacial score (nSPS) is 13.0. The fraction of sp³-hybridized carbons (Fsp3) is 0.538. The molecule has 1 unspecified atom stereocenters. The highest BCUT2D eigenvalue weighted by Gasteiger charge is 2.31. The van der Waals surface area contributed by atoms with E-state index in [0.717, 1.165) is 12.1 Å². The van der Waals surface area contributed by atoms with Gasteiger partial charge in [-0.3, -0.25) is 0 Å². The van der Waals surface area contributed by atoms with E-state index in [4.69, 9.17) is 14.6 Å². The molecular formula is C13H18F3NO4. The second-order valence-corrected chi connectivity index (χ2v) is 4.30. The maximum absolute atomic E-state index is 12.8. The van der Waals surface area contributed by atoms with Crippen LogP contribution in [0.15, 0.2) is 18.2 Å². The van der Waals surface area contributed by atoms with E-state index in [-0.39, 0.29) is 31.2 Å². The van der Waals surface area contributed by atoms with Gasteiger partial charge in [-0.15, -0.1) is 0 Å². The van der Waals surface area contributed by atoms with Gasteiger partial charge in [-0.25, -0.2) is 0 Å². The summed E-state index contributed by atoms with van der Waals surface area (Å²) in [5.74, 6) is 0.0443. The van der Waals surface area contributed by atoms with Gasteiger partial charge < -0.3 is 25.0 Å². The summed E-state index contributed by atoms with van der Waals surface area (Å²) in [6.07, 6.45) is -5.57. The van der Waals surface area contributed by atoms with E-state index in [1.54, 1.807) is 0 Å². The van der Waals surface area contributed by atoms with Gasteiger partial charge in [-0.05, 0) is 12.1 Å². The second kappa shape index (κ2) is 8.06. The summed E-state index contributed by atoms with van der Waals surface area (Å²) < 4.78 is 48.4. The fourth-order valence-corrected chi connectivity index (χ4v) is 1.49. The third kappa shape index (κ3) is 6.19. The first-order valence-electron chi connectivity index (χ1n) is 6.23. The molecule has 1 rings (SSSR count). The van der Waals surface area contributed by atoms with Crippen molar-refractivity contribution in [2.24, 2.45) is 0 Å². The molecule has 0 aliphatic heterocycles. The van der Waals surface area contributed by atoms with Crippen molar-refractivity contribution in [2.45, 2.75) is 12.3 Å². The zero-order chi connectivity index (χ0) is 15.9. The standard InChI is InChI=1S/C13H18F3NO4/c1-20-2-3-21-12-5-9(13(14,15)16)4-10(6-12)17-7-11(19)8-18/h4-6,11,17-19H,2-3,7-8H2,1H3. The van der Waals surface area contributed by atoms with E-state index >= 15 is 0 Å². The molecule has 0 aromatic heterocycles. The lowest BCUT2D eigenvalue weighted by Gasteiger charge is -2.15. The highest BCUT2D eigenvalue weighted by molar-refractivity contribution is 5.52. The van der Waals surface area contributed by atoms with E-state index < -0.39 is 24.5 Å². The van der Waals surface area contributed by atoms with Crippen molar-refractivity contribution in [2.75, 3.05) is 38.8 Å². The van der Waals surface area contributed by atoms with Gasteiger partial charge in [0.15, 0.2) is 0 Å². The maximum atomic E-state index is 12.8. The number of hydrogen-bond acceptors (Lipinski definition) is 5. The van der Waals surface area contributed by atoms with E-state index in [2.05, 4.69) is 5.32 Å². The number of rotatable bonds is 8. The molecule has 21 heavy (non-hydrogen) atoms. The Morgan fingerprint density at radius 1 is 1.24 bits per heavy atom. The van der Waals surface area contributed by atoms with Crippen molar-refractivity contribution in [1.29, 1.82) is 0 Å². The molecule has 0 bridgehead atoms. The number of alkyl halides is 3. The Hall–Kier alpha value is -1.51. The van der Waals surface area contributed by atoms with Crippen LogP contribution < -0.4 is 10.1 Å². The Balaban J connectivity index is 2.87. The summed E-state index contributed by atoms with van der Waals surface area (Å²) in [6.45, 7) is -0.183. The Morgan fingerprint density at radius 3 is 2.52 bits per heavy atom. The monoisotopic (exact) mass is 309 g/mol. The van der Waals surface area contributed by atoms with Crippen molar-refractivity contribution in [3.8, 4) is 5.75 Å². The summed E-state index contributed by atoms with van der Waals surface area (Å²) in [7, 11) is 1.46. The SMILES string of the molecule is COCCOc1cc(NCC(O)CO)cc(C(F)(F)F)c1. The number of nitrogens with one attached hydrogen (secondary N) is 1. The Labute approximate surface area is 120 Å². The van der Waals surface area contributed by atoms with Gasteiger partial charge in [-0.1, -0.05) is 0 Å². The van der Waals surface area contributed by atoms with Crippen molar-refractivity contribution in [1.82, 2.24) is 0 Å². The van der Waals surface area contributed by atoms with Gasteiger partial charge in [-0.2, -0.15) is 13.2 Å². The molecule has 0 heterocycles. The molecule has 1 aromatic rings. The smallest absolute Gasteiger partial charge is 0.416 e. The molecule has 120 valence electrons. The molecule has 3 N–H and O–H groups in total. The van der Waals surface area contributed by atoms with Gasteiger partial charge in [0, 0.05) is 25.4 Å². The maximum Gasteiger partial charge on any atom is 0.416 e. The highest BCUT2D eigenvalue weighted by atomic mass is 19.4. The molecule has 1 atom stereocenters. The molecule has 0 amide bonds. The predicted molar refractivity (Wildman–Crippen MR) is 70.4 cm³/mol. The van der Waals surface area contributed by atoms with E-state index in [1.165, 1.54) is 13.2 Å². The van der Waals surface area contributed by atoms with Crippen LogP contribution in [-0.2, 0) is 10.9 Å². The number of aliphatic hydroxyl groups is 2. The average molecular weight is 309 g/mol. The minimum absolute atomic E-state index is 0.0443. The first-order valence-corrected chi connectivity index (χ1v) is 6.23. The molecule has 0 radical (unpaired) electrons. The number of benzene rings is 1. The number of anilines is 1. The summed E-state index contributed by atoms with van der Waals surface area (Å²) in [5.41, 5.74) is -0.719. The molecule has 0 saturated carbocycles. The topological polar surface area (TPSA) is 71.0 Å². The van der Waals surface area contributed by atoms with E-state index in [1.807, 2.05) is 0 Å². The van der Waals surface area contributed by atoms with Crippen LogP contribution in [0.2, 0.25) is 0 Å². The molecule has 0 aliphatic rings. The summed E-state index contributed by atoms with van der Waals surface area (Å²) in [5, 5.41) is 20.5. The second-order valence-electron chi connectivity index (χ2n) is 4.30. The van der Waals surface area contributed by atoms with Crippen molar-refractivity contribution >= 4 is 5.69 Å². The third-order valence-corrected chi connectivity index (χ3v) is 2.54. The number of methoxy groups -OCH3 is 1. The predicted octanol–water partition coefficient (Wildman–Crippen LogP) is 1.50. The molecule has 1 aromatic carbocycles. The van der Waals surface area contributed by atoms with Crippen LogP contribution >= 0.6 is 0 Å². The van der Waals surface area contributed by atoms with Crippen LogP contribution in [0.3, 0.4) is 0 Å². The van der Waals surface area contributed by atoms with Crippen LogP contribution in [0.5, 0.6) is 5.75 Å². The summed E-state index contributed by atoms with van der Waals surface area (Å²) >= 11 is 0. The van der Waals surface area contributed by atoms with Crippen molar-refractivity contribution < 1.29 is 32.9 Å². The lowest BCUT2D eigenvalue weighted by Crippen LogP contribution is -2.23. The van der Waals surface area contributed by atoms with Gasteiger partial charge in [0.2, 0.25) is 0 Å². The van der Waals surface area contributed by atoms with Crippen LogP contribution in [0, 0.1) is 0 Å². The van der Waals surface area contributed by atoms with Crippen LogP contribution in [-0.4, -0.2) is 49.8 Å². The van der Waals surface area contributed by atoms with Gasteiger partial charge >= 0.3 is 6.18 Å². The summed E-state index contributed by atoms with van der Waals surface area (Å²) in [6, 6.07) is 3.19. The lowest BCUT2D eigenvalue weighted by atomic mass is 10.1. The molecule has 0 saturated heterocycles.